The van der Waals surface area contributed by atoms with Gasteiger partial charge in [-0.3, -0.25) is 0 Å². The highest BCUT2D eigenvalue weighted by atomic mass is 16.4. The van der Waals surface area contributed by atoms with E-state index in [1.165, 1.54) is 0 Å². The van der Waals surface area contributed by atoms with E-state index >= 15 is 0 Å². The third-order valence-corrected chi connectivity index (χ3v) is 3.62. The van der Waals surface area contributed by atoms with Crippen LogP contribution in [-0.2, 0) is 11.2 Å². The van der Waals surface area contributed by atoms with E-state index in [9.17, 15) is 10.2 Å². The third kappa shape index (κ3) is 2.05. The third-order valence-electron chi connectivity index (χ3n) is 3.62. The molecule has 2 aromatic carbocycles. The smallest absolute Gasteiger partial charge is 0.119 e. The molecule has 2 atom stereocenters. The number of hydrogen-bond donors (Lipinski definition) is 2. The first kappa shape index (κ1) is 12.8. The molecule has 2 unspecified atom stereocenters. The molecule has 18 heavy (non-hydrogen) atoms. The number of aliphatic hydroxyl groups is 2. The Balaban J connectivity index is 2.47. The quantitative estimate of drug-likeness (QED) is 0.869. The molecule has 0 aliphatic carbocycles. The molecular formula is C16H18O2. The van der Waals surface area contributed by atoms with Gasteiger partial charge >= 0.3 is 0 Å². The highest BCUT2D eigenvalue weighted by Crippen LogP contribution is 2.39. The molecule has 0 radical (unpaired) electrons. The van der Waals surface area contributed by atoms with Crippen molar-refractivity contribution in [3.63, 3.8) is 0 Å². The Bertz CT molecular complexity index is 452. The molecule has 0 saturated heterocycles. The standard InChI is InChI=1S/C16H18O2/c1-15(17,13-9-5-3-6-10-13)16(2,18)14-11-7-4-8-12-14/h3-12,17-18H,1-2H3. The van der Waals surface area contributed by atoms with Crippen LogP contribution in [0.3, 0.4) is 0 Å². The van der Waals surface area contributed by atoms with Crippen LogP contribution in [0.25, 0.3) is 0 Å². The van der Waals surface area contributed by atoms with Crippen LogP contribution in [-0.4, -0.2) is 10.2 Å². The molecule has 0 aromatic heterocycles. The molecule has 0 bridgehead atoms. The summed E-state index contributed by atoms with van der Waals surface area (Å²) >= 11 is 0. The normalized spacial score (nSPS) is 17.8. The lowest BCUT2D eigenvalue weighted by Crippen LogP contribution is -2.45. The minimum atomic E-state index is -1.35. The number of hydrogen-bond acceptors (Lipinski definition) is 2. The first-order valence-corrected chi connectivity index (χ1v) is 6.02. The summed E-state index contributed by atoms with van der Waals surface area (Å²) in [5.74, 6) is 0. The molecule has 0 aliphatic heterocycles. The molecule has 0 heterocycles. The van der Waals surface area contributed by atoms with Gasteiger partial charge in [0, 0.05) is 0 Å². The fraction of sp³-hybridized carbons (Fsp3) is 0.250. The number of rotatable bonds is 3. The van der Waals surface area contributed by atoms with E-state index in [0.717, 1.165) is 0 Å². The zero-order valence-electron chi connectivity index (χ0n) is 10.7. The van der Waals surface area contributed by atoms with Gasteiger partial charge in [0.05, 0.1) is 0 Å². The van der Waals surface area contributed by atoms with E-state index < -0.39 is 11.2 Å². The Morgan fingerprint density at radius 1 is 0.611 bits per heavy atom. The van der Waals surface area contributed by atoms with E-state index in [1.54, 1.807) is 13.8 Å². The van der Waals surface area contributed by atoms with Gasteiger partial charge in [-0.2, -0.15) is 0 Å². The molecule has 0 fully saturated rings. The molecule has 0 amide bonds. The van der Waals surface area contributed by atoms with Gasteiger partial charge in [-0.15, -0.1) is 0 Å². The number of benzene rings is 2. The molecule has 94 valence electrons. The van der Waals surface area contributed by atoms with Gasteiger partial charge in [-0.25, -0.2) is 0 Å². The lowest BCUT2D eigenvalue weighted by molar-refractivity contribution is -0.143. The molecular weight excluding hydrogens is 224 g/mol. The first-order chi connectivity index (χ1) is 8.46. The van der Waals surface area contributed by atoms with Crippen molar-refractivity contribution < 1.29 is 10.2 Å². The zero-order valence-corrected chi connectivity index (χ0v) is 10.7. The van der Waals surface area contributed by atoms with Gasteiger partial charge in [-0.1, -0.05) is 60.7 Å². The Morgan fingerprint density at radius 2 is 0.889 bits per heavy atom. The Morgan fingerprint density at radius 3 is 1.17 bits per heavy atom. The minimum absolute atomic E-state index is 0.693. The van der Waals surface area contributed by atoms with E-state index in [1.807, 2.05) is 60.7 Å². The van der Waals surface area contributed by atoms with Crippen molar-refractivity contribution in [3.05, 3.63) is 71.8 Å². The highest BCUT2D eigenvalue weighted by molar-refractivity contribution is 5.32. The van der Waals surface area contributed by atoms with Crippen molar-refractivity contribution in [2.75, 3.05) is 0 Å². The summed E-state index contributed by atoms with van der Waals surface area (Å²) in [6, 6.07) is 18.4. The van der Waals surface area contributed by atoms with Crippen molar-refractivity contribution in [3.8, 4) is 0 Å². The maximum absolute atomic E-state index is 10.7. The van der Waals surface area contributed by atoms with Crippen molar-refractivity contribution in [2.24, 2.45) is 0 Å². The molecule has 2 N–H and O–H groups in total. The summed E-state index contributed by atoms with van der Waals surface area (Å²) in [6.45, 7) is 3.27. The van der Waals surface area contributed by atoms with Gasteiger partial charge < -0.3 is 10.2 Å². The van der Waals surface area contributed by atoms with Gasteiger partial charge in [0.2, 0.25) is 0 Å². The Labute approximate surface area is 108 Å². The van der Waals surface area contributed by atoms with Crippen molar-refractivity contribution in [1.82, 2.24) is 0 Å². The topological polar surface area (TPSA) is 40.5 Å². The summed E-state index contributed by atoms with van der Waals surface area (Å²) in [5.41, 5.74) is -1.32. The minimum Gasteiger partial charge on any atom is -0.382 e. The molecule has 2 nitrogen and oxygen atoms in total. The average Bonchev–Trinajstić information content (AvgIpc) is 2.40. The fourth-order valence-corrected chi connectivity index (χ4v) is 2.09. The van der Waals surface area contributed by atoms with Crippen LogP contribution < -0.4 is 0 Å². The maximum Gasteiger partial charge on any atom is 0.119 e. The monoisotopic (exact) mass is 242 g/mol. The van der Waals surface area contributed by atoms with Gasteiger partial charge in [0.1, 0.15) is 11.2 Å². The molecule has 0 spiro atoms. The van der Waals surface area contributed by atoms with Crippen LogP contribution in [0.1, 0.15) is 25.0 Å². The second-order valence-electron chi connectivity index (χ2n) is 4.88. The largest absolute Gasteiger partial charge is 0.382 e. The summed E-state index contributed by atoms with van der Waals surface area (Å²) < 4.78 is 0. The second-order valence-corrected chi connectivity index (χ2v) is 4.88. The zero-order chi connectivity index (χ0) is 13.2. The van der Waals surface area contributed by atoms with Gasteiger partial charge in [0.25, 0.3) is 0 Å². The highest BCUT2D eigenvalue weighted by Gasteiger charge is 2.44. The van der Waals surface area contributed by atoms with Crippen LogP contribution in [0, 0.1) is 0 Å². The van der Waals surface area contributed by atoms with E-state index in [0.29, 0.717) is 11.1 Å². The lowest BCUT2D eigenvalue weighted by Gasteiger charge is -2.39. The maximum atomic E-state index is 10.7. The van der Waals surface area contributed by atoms with Crippen molar-refractivity contribution >= 4 is 0 Å². The summed E-state index contributed by atoms with van der Waals surface area (Å²) in [7, 11) is 0. The Hall–Kier alpha value is -1.64. The van der Waals surface area contributed by atoms with Crippen molar-refractivity contribution in [2.45, 2.75) is 25.0 Å². The summed E-state index contributed by atoms with van der Waals surface area (Å²) in [4.78, 5) is 0. The van der Waals surface area contributed by atoms with Crippen molar-refractivity contribution in [1.29, 1.82) is 0 Å². The second kappa shape index (κ2) is 4.56. The van der Waals surface area contributed by atoms with Gasteiger partial charge in [-0.05, 0) is 25.0 Å². The Kier molecular flexibility index (Phi) is 3.24. The lowest BCUT2D eigenvalue weighted by atomic mass is 9.76. The van der Waals surface area contributed by atoms with Crippen LogP contribution in [0.5, 0.6) is 0 Å². The summed E-state index contributed by atoms with van der Waals surface area (Å²) in [5, 5.41) is 21.4. The predicted molar refractivity (Wildman–Crippen MR) is 72.0 cm³/mol. The van der Waals surface area contributed by atoms with Crippen LogP contribution >= 0.6 is 0 Å². The molecule has 2 aromatic rings. The molecule has 0 aliphatic rings. The first-order valence-electron chi connectivity index (χ1n) is 6.02. The molecule has 2 heteroatoms. The van der Waals surface area contributed by atoms with E-state index in [4.69, 9.17) is 0 Å². The van der Waals surface area contributed by atoms with Gasteiger partial charge in [0.15, 0.2) is 0 Å². The van der Waals surface area contributed by atoms with Crippen LogP contribution in [0.15, 0.2) is 60.7 Å². The summed E-state index contributed by atoms with van der Waals surface area (Å²) in [6.07, 6.45) is 0. The van der Waals surface area contributed by atoms with E-state index in [-0.39, 0.29) is 0 Å². The molecule has 2 rings (SSSR count). The molecule has 0 saturated carbocycles. The fourth-order valence-electron chi connectivity index (χ4n) is 2.09. The van der Waals surface area contributed by atoms with Crippen LogP contribution in [0.2, 0.25) is 0 Å². The SMILES string of the molecule is CC(O)(c1ccccc1)C(C)(O)c1ccccc1. The predicted octanol–water partition coefficient (Wildman–Crippen LogP) is 2.80. The van der Waals surface area contributed by atoms with E-state index in [2.05, 4.69) is 0 Å². The van der Waals surface area contributed by atoms with Crippen LogP contribution in [0.4, 0.5) is 0 Å². The average molecular weight is 242 g/mol.